The first kappa shape index (κ1) is 32.0. The zero-order chi connectivity index (χ0) is 28.0. The van der Waals surface area contributed by atoms with Crippen LogP contribution >= 0.6 is 0 Å². The van der Waals surface area contributed by atoms with Gasteiger partial charge in [-0.05, 0) is 27.7 Å². The van der Waals surface area contributed by atoms with E-state index < -0.39 is 47.3 Å². The van der Waals surface area contributed by atoms with E-state index in [1.54, 1.807) is 0 Å². The number of methoxy groups -OCH3 is 4. The van der Waals surface area contributed by atoms with Crippen molar-refractivity contribution in [2.24, 2.45) is 21.8 Å². The molecular formula is C24H32N2O10. The van der Waals surface area contributed by atoms with Crippen LogP contribution < -0.4 is 0 Å². The molecule has 0 spiro atoms. The molecule has 0 saturated heterocycles. The maximum Gasteiger partial charge on any atom is 0.335 e. The van der Waals surface area contributed by atoms with E-state index in [2.05, 4.69) is 28.9 Å². The molecule has 12 heteroatoms. The van der Waals surface area contributed by atoms with Crippen molar-refractivity contribution in [3.8, 4) is 0 Å². The zero-order valence-electron chi connectivity index (χ0n) is 21.7. The lowest BCUT2D eigenvalue weighted by atomic mass is 9.90. The first-order chi connectivity index (χ1) is 16.9. The molecule has 0 fully saturated rings. The van der Waals surface area contributed by atoms with Gasteiger partial charge in [0.1, 0.15) is 11.6 Å². The molecule has 0 aromatic carbocycles. The molecule has 12 nitrogen and oxygen atoms in total. The average molecular weight is 509 g/mol. The Labute approximate surface area is 209 Å². The van der Waals surface area contributed by atoms with Gasteiger partial charge in [0.15, 0.2) is 0 Å². The number of ketones is 2. The fourth-order valence-electron chi connectivity index (χ4n) is 3.24. The Bertz CT molecular complexity index is 924. The summed E-state index contributed by atoms with van der Waals surface area (Å²) in [6.45, 7) is 5.56. The third-order valence-electron chi connectivity index (χ3n) is 4.88. The highest BCUT2D eigenvalue weighted by molar-refractivity contribution is 6.15. The fourth-order valence-corrected chi connectivity index (χ4v) is 3.24. The largest absolute Gasteiger partial charge is 0.466 e. The summed E-state index contributed by atoms with van der Waals surface area (Å²) in [5, 5.41) is 0. The fraction of sp³-hybridized carbons (Fsp3) is 0.500. The molecule has 198 valence electrons. The van der Waals surface area contributed by atoms with Gasteiger partial charge in [-0.2, -0.15) is 0 Å². The van der Waals surface area contributed by atoms with Gasteiger partial charge in [0, 0.05) is 23.6 Å². The number of rotatable bonds is 13. The Morgan fingerprint density at radius 3 is 1.11 bits per heavy atom. The summed E-state index contributed by atoms with van der Waals surface area (Å²) in [6.07, 6.45) is 1.75. The van der Waals surface area contributed by atoms with E-state index in [0.29, 0.717) is 0 Å². The topological polar surface area (TPSA) is 164 Å². The minimum atomic E-state index is -1.15. The molecule has 0 aliphatic rings. The summed E-state index contributed by atoms with van der Waals surface area (Å²) in [6, 6.07) is 0. The van der Waals surface area contributed by atoms with Crippen LogP contribution in [0.25, 0.3) is 0 Å². The lowest BCUT2D eigenvalue weighted by Gasteiger charge is -2.17. The van der Waals surface area contributed by atoms with Gasteiger partial charge in [0.2, 0.25) is 0 Å². The second kappa shape index (κ2) is 15.8. The molecule has 2 unspecified atom stereocenters. The van der Waals surface area contributed by atoms with E-state index in [1.807, 2.05) is 0 Å². The number of esters is 4. The van der Waals surface area contributed by atoms with Crippen LogP contribution in [-0.4, -0.2) is 88.4 Å². The smallest absolute Gasteiger partial charge is 0.335 e. The molecular weight excluding hydrogens is 476 g/mol. The van der Waals surface area contributed by atoms with E-state index in [9.17, 15) is 28.8 Å². The molecule has 0 N–H and O–H groups in total. The maximum absolute atomic E-state index is 12.3. The highest BCUT2D eigenvalue weighted by atomic mass is 16.5. The van der Waals surface area contributed by atoms with Crippen LogP contribution in [-0.2, 0) is 47.7 Å². The van der Waals surface area contributed by atoms with E-state index >= 15 is 0 Å². The van der Waals surface area contributed by atoms with Crippen molar-refractivity contribution in [1.82, 2.24) is 0 Å². The van der Waals surface area contributed by atoms with Crippen molar-refractivity contribution < 1.29 is 47.7 Å². The third-order valence-corrected chi connectivity index (χ3v) is 4.88. The highest BCUT2D eigenvalue weighted by Gasteiger charge is 2.30. The zero-order valence-corrected chi connectivity index (χ0v) is 21.7. The minimum absolute atomic E-state index is 0.0402. The number of Topliss-reactive ketones (excluding diaryl/α,β-unsaturated/α-hetero) is 2. The molecule has 0 saturated carbocycles. The van der Waals surface area contributed by atoms with Gasteiger partial charge in [-0.25, -0.2) is 19.2 Å². The molecule has 36 heavy (non-hydrogen) atoms. The Balaban J connectivity index is 5.99. The van der Waals surface area contributed by atoms with Crippen LogP contribution in [0.5, 0.6) is 0 Å². The molecule has 0 aliphatic carbocycles. The Kier molecular flexibility index (Phi) is 14.1. The predicted molar refractivity (Wildman–Crippen MR) is 129 cm³/mol. The number of hydrogen-bond donors (Lipinski definition) is 0. The summed E-state index contributed by atoms with van der Waals surface area (Å²) in [5.41, 5.74) is -0.0186. The van der Waals surface area contributed by atoms with Crippen LogP contribution in [0.15, 0.2) is 33.3 Å². The summed E-state index contributed by atoms with van der Waals surface area (Å²) < 4.78 is 18.4. The Morgan fingerprint density at radius 1 is 0.583 bits per heavy atom. The molecule has 0 aliphatic heterocycles. The van der Waals surface area contributed by atoms with Crippen LogP contribution in [0, 0.1) is 11.8 Å². The van der Waals surface area contributed by atoms with Gasteiger partial charge in [0.05, 0.1) is 64.5 Å². The number of carbonyl (C=O) groups excluding carboxylic acids is 6. The van der Waals surface area contributed by atoms with Crippen LogP contribution in [0.1, 0.15) is 27.7 Å². The molecule has 0 radical (unpaired) electrons. The highest BCUT2D eigenvalue weighted by Crippen LogP contribution is 2.19. The van der Waals surface area contributed by atoms with Crippen molar-refractivity contribution >= 4 is 46.9 Å². The van der Waals surface area contributed by atoms with E-state index in [1.165, 1.54) is 27.7 Å². The lowest BCUT2D eigenvalue weighted by Crippen LogP contribution is -2.29. The first-order valence-electron chi connectivity index (χ1n) is 10.6. The monoisotopic (exact) mass is 508 g/mol. The summed E-state index contributed by atoms with van der Waals surface area (Å²) in [5.74, 6) is -6.67. The van der Waals surface area contributed by atoms with Crippen LogP contribution in [0.3, 0.4) is 0 Å². The summed E-state index contributed by atoms with van der Waals surface area (Å²) in [4.78, 5) is 80.8. The molecule has 0 bridgehead atoms. The maximum atomic E-state index is 12.3. The first-order valence-corrected chi connectivity index (χ1v) is 10.6. The van der Waals surface area contributed by atoms with E-state index in [-0.39, 0.29) is 35.7 Å². The van der Waals surface area contributed by atoms with Gasteiger partial charge in [-0.1, -0.05) is 0 Å². The molecule has 0 heterocycles. The normalized spacial score (nSPS) is 14.3. The Hall–Kier alpha value is -3.96. The third kappa shape index (κ3) is 9.72. The molecule has 0 aromatic heterocycles. The predicted octanol–water partition coefficient (Wildman–Crippen LogP) is 0.863. The SMILES string of the molecule is COC(=O)C=C(C(=O)OC)C(C(C)=O)C(C)=NCCN=C(C)C(C(C)=O)C(=CC(=O)OC)C(=O)OC. The van der Waals surface area contributed by atoms with Crippen molar-refractivity contribution in [1.29, 1.82) is 0 Å². The van der Waals surface area contributed by atoms with Gasteiger partial charge < -0.3 is 18.9 Å². The van der Waals surface area contributed by atoms with Crippen LogP contribution in [0.4, 0.5) is 0 Å². The second-order valence-electron chi connectivity index (χ2n) is 7.36. The van der Waals surface area contributed by atoms with Crippen molar-refractivity contribution in [2.45, 2.75) is 27.7 Å². The van der Waals surface area contributed by atoms with Gasteiger partial charge in [-0.3, -0.25) is 19.6 Å². The number of nitrogens with zero attached hydrogens (tertiary/aromatic N) is 2. The molecule has 0 rings (SSSR count). The van der Waals surface area contributed by atoms with Gasteiger partial charge in [0.25, 0.3) is 0 Å². The standard InChI is InChI=1S/C24H32N2O10/c1-13(21(15(3)27)17(23(31)35-7)11-19(29)33-5)25-9-10-26-14(2)22(16(4)28)18(24(32)36-8)12-20(30)34-6/h11-12,21-22H,9-10H2,1-8H3. The quantitative estimate of drug-likeness (QED) is 0.115. The summed E-state index contributed by atoms with van der Waals surface area (Å²) >= 11 is 0. The average Bonchev–Trinajstić information content (AvgIpc) is 2.83. The van der Waals surface area contributed by atoms with E-state index in [4.69, 9.17) is 0 Å². The van der Waals surface area contributed by atoms with Crippen molar-refractivity contribution in [3.05, 3.63) is 23.3 Å². The minimum Gasteiger partial charge on any atom is -0.466 e. The number of aliphatic imine (C=N–C) groups is 2. The van der Waals surface area contributed by atoms with Gasteiger partial charge >= 0.3 is 23.9 Å². The Morgan fingerprint density at radius 2 is 0.889 bits per heavy atom. The van der Waals surface area contributed by atoms with Crippen molar-refractivity contribution in [2.75, 3.05) is 41.5 Å². The number of ether oxygens (including phenoxy) is 4. The molecule has 0 aromatic rings. The molecule has 2 atom stereocenters. The second-order valence-corrected chi connectivity index (χ2v) is 7.36. The van der Waals surface area contributed by atoms with Gasteiger partial charge in [-0.15, -0.1) is 0 Å². The number of hydrogen-bond acceptors (Lipinski definition) is 12. The summed E-state index contributed by atoms with van der Waals surface area (Å²) in [7, 11) is 4.46. The lowest BCUT2D eigenvalue weighted by molar-refractivity contribution is -0.139. The molecule has 0 amide bonds. The number of carbonyl (C=O) groups is 6. The van der Waals surface area contributed by atoms with Crippen LogP contribution in [0.2, 0.25) is 0 Å². The van der Waals surface area contributed by atoms with E-state index in [0.717, 1.165) is 40.6 Å². The van der Waals surface area contributed by atoms with Crippen molar-refractivity contribution in [3.63, 3.8) is 0 Å².